The Labute approximate surface area is 156 Å². The third-order valence-corrected chi connectivity index (χ3v) is 5.01. The van der Waals surface area contributed by atoms with Crippen molar-refractivity contribution in [2.45, 2.75) is 25.1 Å². The summed E-state index contributed by atoms with van der Waals surface area (Å²) in [5.74, 6) is -0.350. The number of nitrogens with two attached hydrogens (primary N) is 1. The molecule has 0 bridgehead atoms. The zero-order valence-corrected chi connectivity index (χ0v) is 14.9. The second-order valence-electron chi connectivity index (χ2n) is 6.88. The Morgan fingerprint density at radius 2 is 2.07 bits per heavy atom. The first kappa shape index (κ1) is 18.0. The molecule has 0 spiro atoms. The van der Waals surface area contributed by atoms with Gasteiger partial charge in [-0.05, 0) is 49.2 Å². The molecule has 5 nitrogen and oxygen atoms in total. The molecule has 0 amide bonds. The van der Waals surface area contributed by atoms with Crippen LogP contribution >= 0.6 is 0 Å². The lowest BCUT2D eigenvalue weighted by Gasteiger charge is -2.30. The predicted molar refractivity (Wildman–Crippen MR) is 99.8 cm³/mol. The minimum atomic E-state index is -1.33. The number of aromatic nitrogens is 2. The largest absolute Gasteiger partial charge is 0.362 e. The average molecular weight is 372 g/mol. The zero-order chi connectivity index (χ0) is 18.9. The normalized spacial score (nSPS) is 20.3. The maximum absolute atomic E-state index is 15.1. The van der Waals surface area contributed by atoms with Crippen LogP contribution in [0.1, 0.15) is 24.0 Å². The second kappa shape index (κ2) is 7.34. The van der Waals surface area contributed by atoms with Crippen molar-refractivity contribution in [1.82, 2.24) is 15.1 Å². The van der Waals surface area contributed by atoms with Gasteiger partial charge in [0.25, 0.3) is 0 Å². The predicted octanol–water partition coefficient (Wildman–Crippen LogP) is 3.15. The van der Waals surface area contributed by atoms with Gasteiger partial charge in [-0.3, -0.25) is 0 Å². The smallest absolute Gasteiger partial charge is 0.148 e. The molecule has 1 fully saturated rings. The van der Waals surface area contributed by atoms with Gasteiger partial charge in [-0.25, -0.2) is 13.5 Å². The van der Waals surface area contributed by atoms with E-state index in [1.807, 2.05) is 12.1 Å². The lowest BCUT2D eigenvalue weighted by Crippen LogP contribution is -2.40. The van der Waals surface area contributed by atoms with Gasteiger partial charge in [-0.1, -0.05) is 12.1 Å². The van der Waals surface area contributed by atoms with Gasteiger partial charge < -0.3 is 15.8 Å². The number of hydrogen-bond acceptors (Lipinski definition) is 4. The van der Waals surface area contributed by atoms with E-state index in [0.717, 1.165) is 18.7 Å². The Balaban J connectivity index is 1.66. The molecule has 4 rings (SSSR count). The Bertz CT molecular complexity index is 933. The number of halogens is 2. The van der Waals surface area contributed by atoms with Gasteiger partial charge in [0.05, 0.1) is 24.5 Å². The highest BCUT2D eigenvalue weighted by molar-refractivity contribution is 5.82. The molecule has 2 heterocycles. The van der Waals surface area contributed by atoms with Crippen LogP contribution < -0.4 is 11.1 Å². The zero-order valence-electron chi connectivity index (χ0n) is 14.9. The molecule has 1 aromatic heterocycles. The number of alkyl halides is 1. The van der Waals surface area contributed by atoms with Gasteiger partial charge in [-0.15, -0.1) is 0 Å². The van der Waals surface area contributed by atoms with Crippen molar-refractivity contribution in [1.29, 1.82) is 0 Å². The second-order valence-corrected chi connectivity index (χ2v) is 6.88. The Morgan fingerprint density at radius 1 is 1.26 bits per heavy atom. The Morgan fingerprint density at radius 3 is 2.78 bits per heavy atom. The molecule has 1 atom stereocenters. The van der Waals surface area contributed by atoms with Crippen LogP contribution in [0.5, 0.6) is 0 Å². The number of hydrogen-bond donors (Lipinski definition) is 2. The summed E-state index contributed by atoms with van der Waals surface area (Å²) in [5, 5.41) is 8.35. The molecule has 142 valence electrons. The number of ether oxygens (including phenoxy) is 1. The number of nitrogens with zero attached hydrogens (tertiary/aromatic N) is 2. The lowest BCUT2D eigenvalue weighted by atomic mass is 9.88. The minimum Gasteiger partial charge on any atom is -0.362 e. The summed E-state index contributed by atoms with van der Waals surface area (Å²) in [5.41, 5.74) is 6.78. The molecular formula is C20H22F2N4O. The average Bonchev–Trinajstić information content (AvgIpc) is 3.11. The highest BCUT2D eigenvalue weighted by Crippen LogP contribution is 2.33. The van der Waals surface area contributed by atoms with E-state index in [1.54, 1.807) is 23.0 Å². The molecule has 3 N–H and O–H groups in total. The van der Waals surface area contributed by atoms with Gasteiger partial charge in [0.15, 0.2) is 0 Å². The van der Waals surface area contributed by atoms with E-state index < -0.39 is 5.67 Å². The maximum atomic E-state index is 15.1. The molecule has 2 aromatic carbocycles. The maximum Gasteiger partial charge on any atom is 0.148 e. The topological polar surface area (TPSA) is 65.1 Å². The van der Waals surface area contributed by atoms with Crippen molar-refractivity contribution in [2.24, 2.45) is 5.73 Å². The fourth-order valence-corrected chi connectivity index (χ4v) is 3.61. The minimum absolute atomic E-state index is 0.0556. The lowest BCUT2D eigenvalue weighted by molar-refractivity contribution is 0.122. The van der Waals surface area contributed by atoms with Crippen molar-refractivity contribution >= 4 is 10.9 Å². The molecular weight excluding hydrogens is 350 g/mol. The van der Waals surface area contributed by atoms with E-state index in [1.165, 1.54) is 12.1 Å². The van der Waals surface area contributed by atoms with Gasteiger partial charge >= 0.3 is 0 Å². The van der Waals surface area contributed by atoms with E-state index in [4.69, 9.17) is 10.5 Å². The number of fused-ring (bicyclic) bond motifs is 1. The molecule has 1 saturated heterocycles. The summed E-state index contributed by atoms with van der Waals surface area (Å²) in [7, 11) is 0. The van der Waals surface area contributed by atoms with Crippen molar-refractivity contribution < 1.29 is 13.5 Å². The quantitative estimate of drug-likeness (QED) is 0.676. The third kappa shape index (κ3) is 3.58. The van der Waals surface area contributed by atoms with E-state index >= 15 is 4.39 Å². The van der Waals surface area contributed by atoms with Crippen molar-refractivity contribution in [3.05, 3.63) is 59.5 Å². The van der Waals surface area contributed by atoms with Crippen LogP contribution in [0.25, 0.3) is 16.6 Å². The molecule has 0 unspecified atom stereocenters. The van der Waals surface area contributed by atoms with Crippen LogP contribution in [-0.2, 0) is 17.0 Å². The first-order chi connectivity index (χ1) is 13.1. The SMILES string of the molecule is NCOCc1cc(F)cc2cn(-c3ccc([C@]4(F)CCCNC4)cc3)nc12. The molecule has 1 aliphatic heterocycles. The molecule has 3 aromatic rings. The molecule has 7 heteroatoms. The van der Waals surface area contributed by atoms with Crippen LogP contribution in [0.3, 0.4) is 0 Å². The van der Waals surface area contributed by atoms with Crippen molar-refractivity contribution in [3.63, 3.8) is 0 Å². The fraction of sp³-hybridized carbons (Fsp3) is 0.350. The molecule has 1 aliphatic rings. The van der Waals surface area contributed by atoms with Crippen LogP contribution in [0, 0.1) is 5.82 Å². The van der Waals surface area contributed by atoms with Crippen LogP contribution in [-0.4, -0.2) is 29.6 Å². The van der Waals surface area contributed by atoms with Gasteiger partial charge in [-0.2, -0.15) is 5.10 Å². The van der Waals surface area contributed by atoms with E-state index in [-0.39, 0.29) is 19.2 Å². The van der Waals surface area contributed by atoms with Crippen molar-refractivity contribution in [2.75, 3.05) is 19.8 Å². The van der Waals surface area contributed by atoms with E-state index in [9.17, 15) is 4.39 Å². The highest BCUT2D eigenvalue weighted by atomic mass is 19.1. The van der Waals surface area contributed by atoms with E-state index in [0.29, 0.717) is 35.0 Å². The summed E-state index contributed by atoms with van der Waals surface area (Å²) in [6.07, 6.45) is 3.10. The molecule has 0 radical (unpaired) electrons. The summed E-state index contributed by atoms with van der Waals surface area (Å²) < 4.78 is 35.8. The third-order valence-electron chi connectivity index (χ3n) is 5.01. The number of piperidine rings is 1. The number of rotatable bonds is 5. The number of nitrogens with one attached hydrogen (secondary N) is 1. The molecule has 0 aliphatic carbocycles. The summed E-state index contributed by atoms with van der Waals surface area (Å²) in [6.45, 7) is 1.44. The molecule has 27 heavy (non-hydrogen) atoms. The van der Waals surface area contributed by atoms with Gasteiger partial charge in [0.2, 0.25) is 0 Å². The van der Waals surface area contributed by atoms with Gasteiger partial charge in [0, 0.05) is 23.7 Å². The standard InChI is InChI=1S/C20H22F2N4O/c21-17-8-14-10-26(25-19(14)15(9-17)11-27-13-23)18-4-2-16(3-5-18)20(22)6-1-7-24-12-20/h2-5,8-10,24H,1,6-7,11-13,23H2/t20-/m0/s1. The first-order valence-electron chi connectivity index (χ1n) is 9.05. The highest BCUT2D eigenvalue weighted by Gasteiger charge is 2.33. The summed E-state index contributed by atoms with van der Waals surface area (Å²) in [6, 6.07) is 10.1. The number of benzene rings is 2. The summed E-state index contributed by atoms with van der Waals surface area (Å²) >= 11 is 0. The molecule has 0 saturated carbocycles. The van der Waals surface area contributed by atoms with Crippen molar-refractivity contribution in [3.8, 4) is 5.69 Å². The Kier molecular flexibility index (Phi) is 4.90. The Hall–Kier alpha value is -2.35. The fourth-order valence-electron chi connectivity index (χ4n) is 3.61. The monoisotopic (exact) mass is 372 g/mol. The van der Waals surface area contributed by atoms with Gasteiger partial charge in [0.1, 0.15) is 11.5 Å². The van der Waals surface area contributed by atoms with Crippen LogP contribution in [0.2, 0.25) is 0 Å². The van der Waals surface area contributed by atoms with Crippen LogP contribution in [0.15, 0.2) is 42.6 Å². The summed E-state index contributed by atoms with van der Waals surface area (Å²) in [4.78, 5) is 0. The van der Waals surface area contributed by atoms with Crippen LogP contribution in [0.4, 0.5) is 8.78 Å². The first-order valence-corrected chi connectivity index (χ1v) is 9.05. The van der Waals surface area contributed by atoms with E-state index in [2.05, 4.69) is 10.4 Å².